The van der Waals surface area contributed by atoms with Crippen molar-refractivity contribution in [2.24, 2.45) is 0 Å². The van der Waals surface area contributed by atoms with E-state index in [1.165, 1.54) is 26.4 Å². The highest BCUT2D eigenvalue weighted by molar-refractivity contribution is 9.10. The number of esters is 1. The van der Waals surface area contributed by atoms with Crippen molar-refractivity contribution >= 4 is 32.8 Å². The summed E-state index contributed by atoms with van der Waals surface area (Å²) in [5, 5.41) is 0.477. The summed E-state index contributed by atoms with van der Waals surface area (Å²) in [6, 6.07) is 4.23. The maximum Gasteiger partial charge on any atom is 0.356 e. The van der Waals surface area contributed by atoms with Gasteiger partial charge in [-0.25, -0.2) is 14.2 Å². The number of halogens is 2. The Labute approximate surface area is 111 Å². The number of benzene rings is 1. The van der Waals surface area contributed by atoms with Gasteiger partial charge in [0.05, 0.1) is 19.6 Å². The highest BCUT2D eigenvalue weighted by atomic mass is 79.9. The fourth-order valence-electron chi connectivity index (χ4n) is 1.60. The lowest BCUT2D eigenvalue weighted by Gasteiger charge is -2.09. The Morgan fingerprint density at radius 3 is 2.72 bits per heavy atom. The van der Waals surface area contributed by atoms with Crippen molar-refractivity contribution in [2.75, 3.05) is 14.2 Å². The van der Waals surface area contributed by atoms with Crippen LogP contribution in [0.3, 0.4) is 0 Å². The number of carbonyl (C=O) groups excluding carboxylic acids is 1. The molecule has 1 aromatic heterocycles. The number of carbonyl (C=O) groups is 1. The number of hydrogen-bond acceptors (Lipinski definition) is 4. The number of rotatable bonds is 2. The second-order valence-corrected chi connectivity index (χ2v) is 4.31. The highest BCUT2D eigenvalue weighted by Gasteiger charge is 2.17. The van der Waals surface area contributed by atoms with E-state index in [0.717, 1.165) is 0 Å². The molecule has 0 aliphatic rings. The highest BCUT2D eigenvalue weighted by Crippen LogP contribution is 2.33. The van der Waals surface area contributed by atoms with Gasteiger partial charge in [0, 0.05) is 10.5 Å². The van der Waals surface area contributed by atoms with Crippen molar-refractivity contribution in [1.29, 1.82) is 0 Å². The lowest BCUT2D eigenvalue weighted by Crippen LogP contribution is -2.06. The number of aromatic nitrogens is 1. The molecule has 1 aromatic carbocycles. The first-order valence-corrected chi connectivity index (χ1v) is 5.79. The molecule has 0 saturated heterocycles. The van der Waals surface area contributed by atoms with Gasteiger partial charge in [-0.1, -0.05) is 0 Å². The molecule has 18 heavy (non-hydrogen) atoms. The van der Waals surface area contributed by atoms with Crippen molar-refractivity contribution in [3.05, 3.63) is 34.2 Å². The Kier molecular flexibility index (Phi) is 3.47. The van der Waals surface area contributed by atoms with Crippen LogP contribution < -0.4 is 4.74 Å². The van der Waals surface area contributed by atoms with Crippen LogP contribution in [0.5, 0.6) is 5.75 Å². The zero-order chi connectivity index (χ0) is 13.3. The first kappa shape index (κ1) is 12.8. The van der Waals surface area contributed by atoms with Crippen LogP contribution in [0.15, 0.2) is 22.7 Å². The molecule has 0 amide bonds. The fourth-order valence-corrected chi connectivity index (χ4v) is 2.12. The summed E-state index contributed by atoms with van der Waals surface area (Å²) < 4.78 is 24.1. The van der Waals surface area contributed by atoms with Crippen LogP contribution in [0.25, 0.3) is 10.9 Å². The van der Waals surface area contributed by atoms with E-state index in [2.05, 4.69) is 25.7 Å². The number of hydrogen-bond donors (Lipinski definition) is 0. The van der Waals surface area contributed by atoms with E-state index < -0.39 is 11.8 Å². The third-order valence-corrected chi connectivity index (χ3v) is 3.10. The van der Waals surface area contributed by atoms with E-state index in [-0.39, 0.29) is 11.2 Å². The van der Waals surface area contributed by atoms with Gasteiger partial charge in [0.2, 0.25) is 0 Å². The minimum Gasteiger partial charge on any atom is -0.496 e. The molecule has 2 aromatic rings. The van der Waals surface area contributed by atoms with E-state index in [9.17, 15) is 9.18 Å². The number of nitrogens with zero attached hydrogens (tertiary/aromatic N) is 1. The molecule has 0 unspecified atom stereocenters. The largest absolute Gasteiger partial charge is 0.496 e. The Morgan fingerprint density at radius 2 is 2.11 bits per heavy atom. The van der Waals surface area contributed by atoms with Gasteiger partial charge in [-0.3, -0.25) is 0 Å². The number of methoxy groups -OCH3 is 2. The van der Waals surface area contributed by atoms with Gasteiger partial charge in [-0.2, -0.15) is 0 Å². The third kappa shape index (κ3) is 2.03. The average Bonchev–Trinajstić information content (AvgIpc) is 2.40. The van der Waals surface area contributed by atoms with Gasteiger partial charge in [-0.15, -0.1) is 0 Å². The number of ether oxygens (including phenoxy) is 2. The van der Waals surface area contributed by atoms with Gasteiger partial charge < -0.3 is 9.47 Å². The van der Waals surface area contributed by atoms with Crippen LogP contribution in [0.1, 0.15) is 10.5 Å². The molecule has 0 bridgehead atoms. The monoisotopic (exact) mass is 313 g/mol. The van der Waals surface area contributed by atoms with Gasteiger partial charge in [-0.05, 0) is 28.1 Å². The van der Waals surface area contributed by atoms with Crippen molar-refractivity contribution in [1.82, 2.24) is 4.98 Å². The molecule has 0 fully saturated rings. The molecule has 6 heteroatoms. The van der Waals surface area contributed by atoms with Crippen LogP contribution in [-0.4, -0.2) is 25.2 Å². The molecular weight excluding hydrogens is 305 g/mol. The third-order valence-electron chi connectivity index (χ3n) is 2.44. The van der Waals surface area contributed by atoms with Crippen LogP contribution in [0.2, 0.25) is 0 Å². The van der Waals surface area contributed by atoms with Gasteiger partial charge in [0.25, 0.3) is 0 Å². The summed E-state index contributed by atoms with van der Waals surface area (Å²) in [4.78, 5) is 15.4. The summed E-state index contributed by atoms with van der Waals surface area (Å²) >= 11 is 3.30. The van der Waals surface area contributed by atoms with Crippen LogP contribution in [0.4, 0.5) is 4.39 Å². The Morgan fingerprint density at radius 1 is 1.39 bits per heavy atom. The van der Waals surface area contributed by atoms with E-state index in [0.29, 0.717) is 15.6 Å². The molecule has 0 saturated carbocycles. The molecule has 1 heterocycles. The second-order valence-electron chi connectivity index (χ2n) is 3.45. The molecule has 94 valence electrons. The summed E-state index contributed by atoms with van der Waals surface area (Å²) in [6.45, 7) is 0. The predicted octanol–water partition coefficient (Wildman–Crippen LogP) is 2.93. The molecule has 0 spiro atoms. The van der Waals surface area contributed by atoms with Gasteiger partial charge in [0.1, 0.15) is 17.1 Å². The predicted molar refractivity (Wildman–Crippen MR) is 67.3 cm³/mol. The fraction of sp³-hybridized carbons (Fsp3) is 0.167. The Balaban J connectivity index is 2.83. The van der Waals surface area contributed by atoms with Gasteiger partial charge >= 0.3 is 5.97 Å². The Bertz CT molecular complexity index is 630. The molecule has 4 nitrogen and oxygen atoms in total. The van der Waals surface area contributed by atoms with Crippen LogP contribution in [-0.2, 0) is 4.74 Å². The maximum absolute atomic E-state index is 13.7. The summed E-state index contributed by atoms with van der Waals surface area (Å²) in [6.07, 6.45) is 0. The summed E-state index contributed by atoms with van der Waals surface area (Å²) in [5.41, 5.74) is 0.0583. The van der Waals surface area contributed by atoms with Crippen LogP contribution in [0, 0.1) is 5.82 Å². The number of fused-ring (bicyclic) bond motifs is 1. The zero-order valence-electron chi connectivity index (χ0n) is 9.66. The summed E-state index contributed by atoms with van der Waals surface area (Å²) in [7, 11) is 2.67. The molecule has 0 radical (unpaired) electrons. The van der Waals surface area contributed by atoms with E-state index in [1.54, 1.807) is 6.07 Å². The van der Waals surface area contributed by atoms with E-state index >= 15 is 0 Å². The lowest BCUT2D eigenvalue weighted by molar-refractivity contribution is 0.0594. The Hall–Kier alpha value is -1.69. The molecule has 2 rings (SSSR count). The smallest absolute Gasteiger partial charge is 0.356 e. The molecule has 0 aliphatic carbocycles. The maximum atomic E-state index is 13.7. The first-order chi connectivity index (χ1) is 8.58. The molecular formula is C12H9BrFNO3. The topological polar surface area (TPSA) is 48.4 Å². The molecule has 0 atom stereocenters. The second kappa shape index (κ2) is 4.89. The minimum atomic E-state index is -0.644. The van der Waals surface area contributed by atoms with E-state index in [4.69, 9.17) is 4.74 Å². The molecule has 0 N–H and O–H groups in total. The SMILES string of the molecule is COC(=O)c1cc(OC)c2c(Br)ccc(F)c2n1. The average molecular weight is 314 g/mol. The number of pyridine rings is 1. The quantitative estimate of drug-likeness (QED) is 0.800. The zero-order valence-corrected chi connectivity index (χ0v) is 11.2. The van der Waals surface area contributed by atoms with Crippen molar-refractivity contribution < 1.29 is 18.7 Å². The standard InChI is InChI=1S/C12H9BrFNO3/c1-17-9-5-8(12(16)18-2)15-11-7(14)4-3-6(13)10(9)11/h3-5H,1-2H3. The minimum absolute atomic E-state index is 0.00106. The lowest BCUT2D eigenvalue weighted by atomic mass is 10.1. The van der Waals surface area contributed by atoms with Crippen molar-refractivity contribution in [3.8, 4) is 5.75 Å². The normalized spacial score (nSPS) is 10.4. The first-order valence-electron chi connectivity index (χ1n) is 4.99. The molecule has 0 aliphatic heterocycles. The van der Waals surface area contributed by atoms with Crippen molar-refractivity contribution in [2.45, 2.75) is 0 Å². The van der Waals surface area contributed by atoms with Crippen molar-refractivity contribution in [3.63, 3.8) is 0 Å². The van der Waals surface area contributed by atoms with Gasteiger partial charge in [0.15, 0.2) is 5.69 Å². The van der Waals surface area contributed by atoms with Crippen LogP contribution >= 0.6 is 15.9 Å². The summed E-state index contributed by atoms with van der Waals surface area (Å²) in [5.74, 6) is -0.821. The van der Waals surface area contributed by atoms with E-state index in [1.807, 2.05) is 0 Å².